The molecule has 1 unspecified atom stereocenters. The number of hydrogen-bond donors (Lipinski definition) is 1. The van der Waals surface area contributed by atoms with Gasteiger partial charge in [-0.2, -0.15) is 0 Å². The second kappa shape index (κ2) is 6.05. The van der Waals surface area contributed by atoms with E-state index >= 15 is 0 Å². The molecule has 0 spiro atoms. The topological polar surface area (TPSA) is 29.3 Å². The first kappa shape index (κ1) is 15.5. The summed E-state index contributed by atoms with van der Waals surface area (Å²) in [6.45, 7) is 10.9. The van der Waals surface area contributed by atoms with Gasteiger partial charge in [0.05, 0.1) is 0 Å². The molecule has 2 nitrogen and oxygen atoms in total. The molecule has 102 valence electrons. The molecule has 0 radical (unpaired) electrons. The van der Waals surface area contributed by atoms with Gasteiger partial charge in [0.2, 0.25) is 0 Å². The van der Waals surface area contributed by atoms with Gasteiger partial charge < -0.3 is 5.73 Å². The van der Waals surface area contributed by atoms with Crippen LogP contribution in [0.4, 0.5) is 0 Å². The molecule has 0 amide bonds. The first-order chi connectivity index (χ1) is 8.02. The number of likely N-dealkylation sites (tertiary alicyclic amines) is 1. The van der Waals surface area contributed by atoms with E-state index in [-0.39, 0.29) is 12.4 Å². The third-order valence-corrected chi connectivity index (χ3v) is 4.03. The molecule has 0 bridgehead atoms. The minimum Gasteiger partial charge on any atom is -0.330 e. The minimum atomic E-state index is 0. The predicted octanol–water partition coefficient (Wildman–Crippen LogP) is 2.90. The molecule has 1 aliphatic heterocycles. The van der Waals surface area contributed by atoms with Crippen molar-refractivity contribution < 1.29 is 0 Å². The average molecular weight is 269 g/mol. The normalized spacial score (nSPS) is 24.0. The highest BCUT2D eigenvalue weighted by atomic mass is 35.5. The van der Waals surface area contributed by atoms with Crippen molar-refractivity contribution in [3.8, 4) is 0 Å². The van der Waals surface area contributed by atoms with E-state index in [4.69, 9.17) is 5.73 Å². The summed E-state index contributed by atoms with van der Waals surface area (Å²) in [6, 6.07) is 6.73. The van der Waals surface area contributed by atoms with Crippen LogP contribution in [0.2, 0.25) is 0 Å². The quantitative estimate of drug-likeness (QED) is 0.913. The van der Waals surface area contributed by atoms with Gasteiger partial charge in [-0.25, -0.2) is 0 Å². The van der Waals surface area contributed by atoms with E-state index in [0.29, 0.717) is 5.41 Å². The maximum atomic E-state index is 5.85. The van der Waals surface area contributed by atoms with Crippen LogP contribution in [0.1, 0.15) is 30.0 Å². The molecule has 3 heteroatoms. The van der Waals surface area contributed by atoms with Gasteiger partial charge >= 0.3 is 0 Å². The molecule has 0 saturated carbocycles. The van der Waals surface area contributed by atoms with Crippen molar-refractivity contribution >= 4 is 12.4 Å². The average Bonchev–Trinajstić information content (AvgIpc) is 2.67. The van der Waals surface area contributed by atoms with Crippen molar-refractivity contribution in [3.63, 3.8) is 0 Å². The summed E-state index contributed by atoms with van der Waals surface area (Å²) in [5.41, 5.74) is 10.4. The Morgan fingerprint density at radius 1 is 1.33 bits per heavy atom. The Balaban J connectivity index is 0.00000162. The van der Waals surface area contributed by atoms with Crippen molar-refractivity contribution in [3.05, 3.63) is 34.9 Å². The van der Waals surface area contributed by atoms with Crippen molar-refractivity contribution in [1.29, 1.82) is 0 Å². The van der Waals surface area contributed by atoms with Gasteiger partial charge in [-0.15, -0.1) is 12.4 Å². The summed E-state index contributed by atoms with van der Waals surface area (Å²) < 4.78 is 0. The van der Waals surface area contributed by atoms with Crippen LogP contribution in [0, 0.1) is 19.3 Å². The first-order valence-electron chi connectivity index (χ1n) is 6.51. The van der Waals surface area contributed by atoms with Gasteiger partial charge in [0, 0.05) is 13.1 Å². The molecule has 1 heterocycles. The summed E-state index contributed by atoms with van der Waals surface area (Å²) in [5.74, 6) is 0. The van der Waals surface area contributed by atoms with Crippen molar-refractivity contribution in [2.45, 2.75) is 33.7 Å². The van der Waals surface area contributed by atoms with E-state index in [0.717, 1.165) is 19.6 Å². The summed E-state index contributed by atoms with van der Waals surface area (Å²) in [4.78, 5) is 2.54. The third kappa shape index (κ3) is 3.47. The van der Waals surface area contributed by atoms with E-state index in [2.05, 4.69) is 43.9 Å². The molecule has 1 aromatic rings. The Kier molecular flexibility index (Phi) is 5.20. The zero-order valence-corrected chi connectivity index (χ0v) is 12.5. The standard InChI is InChI=1S/C15H24N2.ClH/c1-12-4-5-13(2)14(8-12)9-17-7-6-15(3,10-16)11-17;/h4-5,8H,6-7,9-11,16H2,1-3H3;1H. The second-order valence-electron chi connectivity index (χ2n) is 5.91. The van der Waals surface area contributed by atoms with E-state index in [9.17, 15) is 0 Å². The number of hydrogen-bond acceptors (Lipinski definition) is 2. The van der Waals surface area contributed by atoms with Crippen LogP contribution < -0.4 is 5.73 Å². The fraction of sp³-hybridized carbons (Fsp3) is 0.600. The Morgan fingerprint density at radius 2 is 2.06 bits per heavy atom. The first-order valence-corrected chi connectivity index (χ1v) is 6.51. The second-order valence-corrected chi connectivity index (χ2v) is 5.91. The highest BCUT2D eigenvalue weighted by molar-refractivity contribution is 5.85. The smallest absolute Gasteiger partial charge is 0.0236 e. The predicted molar refractivity (Wildman–Crippen MR) is 80.2 cm³/mol. The summed E-state index contributed by atoms with van der Waals surface area (Å²) >= 11 is 0. The number of halogens is 1. The lowest BCUT2D eigenvalue weighted by molar-refractivity contribution is 0.274. The van der Waals surface area contributed by atoms with Crippen molar-refractivity contribution in [1.82, 2.24) is 4.90 Å². The zero-order chi connectivity index (χ0) is 12.5. The minimum absolute atomic E-state index is 0. The molecule has 1 saturated heterocycles. The maximum absolute atomic E-state index is 5.85. The Labute approximate surface area is 117 Å². The lowest BCUT2D eigenvalue weighted by Gasteiger charge is -2.23. The summed E-state index contributed by atoms with van der Waals surface area (Å²) in [6.07, 6.45) is 1.23. The Bertz CT molecular complexity index is 405. The maximum Gasteiger partial charge on any atom is 0.0236 e. The molecule has 0 aliphatic carbocycles. The molecule has 0 aromatic heterocycles. The van der Waals surface area contributed by atoms with Crippen LogP contribution in [-0.2, 0) is 6.54 Å². The lowest BCUT2D eigenvalue weighted by atomic mass is 9.90. The lowest BCUT2D eigenvalue weighted by Crippen LogP contribution is -2.31. The van der Waals surface area contributed by atoms with Crippen LogP contribution in [0.15, 0.2) is 18.2 Å². The van der Waals surface area contributed by atoms with E-state index < -0.39 is 0 Å². The number of nitrogens with zero attached hydrogens (tertiary/aromatic N) is 1. The van der Waals surface area contributed by atoms with Gasteiger partial charge in [0.1, 0.15) is 0 Å². The highest BCUT2D eigenvalue weighted by Crippen LogP contribution is 2.29. The van der Waals surface area contributed by atoms with Crippen LogP contribution in [0.25, 0.3) is 0 Å². The molecule has 18 heavy (non-hydrogen) atoms. The molecule has 2 N–H and O–H groups in total. The molecule has 1 atom stereocenters. The number of nitrogens with two attached hydrogens (primary N) is 1. The third-order valence-electron chi connectivity index (χ3n) is 4.03. The molecule has 1 fully saturated rings. The van der Waals surface area contributed by atoms with E-state index in [1.54, 1.807) is 0 Å². The van der Waals surface area contributed by atoms with Gasteiger partial charge in [0.25, 0.3) is 0 Å². The van der Waals surface area contributed by atoms with E-state index in [1.165, 1.54) is 29.7 Å². The van der Waals surface area contributed by atoms with Gasteiger partial charge in [-0.3, -0.25) is 4.90 Å². The molecule has 1 aliphatic rings. The fourth-order valence-electron chi connectivity index (χ4n) is 2.64. The molecule has 1 aromatic carbocycles. The largest absolute Gasteiger partial charge is 0.330 e. The van der Waals surface area contributed by atoms with Gasteiger partial charge in [-0.05, 0) is 49.9 Å². The van der Waals surface area contributed by atoms with Crippen LogP contribution in [0.5, 0.6) is 0 Å². The fourth-order valence-corrected chi connectivity index (χ4v) is 2.64. The van der Waals surface area contributed by atoms with Crippen molar-refractivity contribution in [2.75, 3.05) is 19.6 Å². The van der Waals surface area contributed by atoms with Crippen molar-refractivity contribution in [2.24, 2.45) is 11.1 Å². The summed E-state index contributed by atoms with van der Waals surface area (Å²) in [5, 5.41) is 0. The number of benzene rings is 1. The number of aryl methyl sites for hydroxylation is 2. The van der Waals surface area contributed by atoms with Gasteiger partial charge in [-0.1, -0.05) is 30.7 Å². The summed E-state index contributed by atoms with van der Waals surface area (Å²) in [7, 11) is 0. The monoisotopic (exact) mass is 268 g/mol. The number of rotatable bonds is 3. The van der Waals surface area contributed by atoms with Crippen LogP contribution in [0.3, 0.4) is 0 Å². The Morgan fingerprint density at radius 3 is 2.67 bits per heavy atom. The zero-order valence-electron chi connectivity index (χ0n) is 11.7. The molecule has 2 rings (SSSR count). The van der Waals surface area contributed by atoms with Crippen LogP contribution in [-0.4, -0.2) is 24.5 Å². The van der Waals surface area contributed by atoms with E-state index in [1.807, 2.05) is 0 Å². The highest BCUT2D eigenvalue weighted by Gasteiger charge is 2.32. The molecular weight excluding hydrogens is 244 g/mol. The SMILES string of the molecule is Cc1ccc(C)c(CN2CCC(C)(CN)C2)c1.Cl. The molecular formula is C15H25ClN2. The Hall–Kier alpha value is -0.570. The van der Waals surface area contributed by atoms with Crippen LogP contribution >= 0.6 is 12.4 Å². The van der Waals surface area contributed by atoms with Gasteiger partial charge in [0.15, 0.2) is 0 Å².